The van der Waals surface area contributed by atoms with Gasteiger partial charge in [0.25, 0.3) is 0 Å². The van der Waals surface area contributed by atoms with E-state index in [1.54, 1.807) is 16.7 Å². The number of nitrogens with zero attached hydrogens (tertiary/aromatic N) is 3. The summed E-state index contributed by atoms with van der Waals surface area (Å²) in [6, 6.07) is 5.92. The molecule has 0 spiro atoms. The van der Waals surface area contributed by atoms with Gasteiger partial charge in [0.2, 0.25) is 16.9 Å². The van der Waals surface area contributed by atoms with Crippen LogP contribution in [0.5, 0.6) is 0 Å². The first-order chi connectivity index (χ1) is 13.5. The van der Waals surface area contributed by atoms with Crippen LogP contribution < -0.4 is 10.2 Å². The van der Waals surface area contributed by atoms with Crippen molar-refractivity contribution in [2.24, 2.45) is 5.92 Å². The molecule has 28 heavy (non-hydrogen) atoms. The number of benzene rings is 1. The van der Waals surface area contributed by atoms with Crippen molar-refractivity contribution >= 4 is 45.7 Å². The van der Waals surface area contributed by atoms with E-state index in [1.165, 1.54) is 16.9 Å². The molecule has 1 atom stereocenters. The van der Waals surface area contributed by atoms with Gasteiger partial charge in [0.05, 0.1) is 12.5 Å². The molecule has 1 aromatic heterocycles. The number of hydrogen-bond donors (Lipinski definition) is 1. The van der Waals surface area contributed by atoms with E-state index >= 15 is 0 Å². The maximum atomic E-state index is 12.6. The number of anilines is 2. The van der Waals surface area contributed by atoms with Crippen molar-refractivity contribution in [3.8, 4) is 0 Å². The molecule has 150 valence electrons. The quantitative estimate of drug-likeness (QED) is 0.401. The fourth-order valence-corrected chi connectivity index (χ4v) is 4.56. The number of aryl methyl sites for hydroxylation is 2. The molecule has 2 amide bonds. The standard InChI is InChI=1S/C19H24N4O3S2/c1-4-26-7-8-27-19-22-21-18(28-19)20-17(25)14-10-16(24)23(11-14)15-6-5-12(2)13(3)9-15/h5-6,9,14H,4,7-8,10-11H2,1-3H3,(H,20,21,25)/t14-/m0/s1. The molecule has 2 heterocycles. The topological polar surface area (TPSA) is 84.4 Å². The molecule has 3 rings (SSSR count). The molecule has 0 bridgehead atoms. The molecule has 1 N–H and O–H groups in total. The zero-order valence-corrected chi connectivity index (χ0v) is 17.9. The van der Waals surface area contributed by atoms with Gasteiger partial charge in [-0.25, -0.2) is 0 Å². The molecule has 0 saturated carbocycles. The lowest BCUT2D eigenvalue weighted by Gasteiger charge is -2.17. The lowest BCUT2D eigenvalue weighted by molar-refractivity contribution is -0.122. The average molecular weight is 421 g/mol. The highest BCUT2D eigenvalue weighted by atomic mass is 32.2. The number of hydrogen-bond acceptors (Lipinski definition) is 7. The minimum Gasteiger partial charge on any atom is -0.381 e. The summed E-state index contributed by atoms with van der Waals surface area (Å²) in [5, 5.41) is 11.4. The second kappa shape index (κ2) is 9.49. The van der Waals surface area contributed by atoms with Crippen LogP contribution in [-0.4, -0.2) is 47.5 Å². The van der Waals surface area contributed by atoms with Crippen LogP contribution in [0.2, 0.25) is 0 Å². The highest BCUT2D eigenvalue weighted by Crippen LogP contribution is 2.29. The summed E-state index contributed by atoms with van der Waals surface area (Å²) >= 11 is 2.88. The molecule has 1 saturated heterocycles. The molecular weight excluding hydrogens is 396 g/mol. The fourth-order valence-electron chi connectivity index (χ4n) is 2.88. The van der Waals surface area contributed by atoms with Crippen molar-refractivity contribution in [1.82, 2.24) is 10.2 Å². The van der Waals surface area contributed by atoms with E-state index in [9.17, 15) is 9.59 Å². The Kier molecular flexibility index (Phi) is 7.03. The van der Waals surface area contributed by atoms with Gasteiger partial charge in [0.1, 0.15) is 0 Å². The monoisotopic (exact) mass is 420 g/mol. The SMILES string of the molecule is CCOCCSc1nnc(NC(=O)[C@H]2CC(=O)N(c3ccc(C)c(C)c3)C2)s1. The second-order valence-electron chi connectivity index (χ2n) is 6.58. The number of carbonyl (C=O) groups excluding carboxylic acids is 2. The highest BCUT2D eigenvalue weighted by Gasteiger charge is 2.35. The van der Waals surface area contributed by atoms with Gasteiger partial charge in [-0.1, -0.05) is 29.2 Å². The molecule has 1 aliphatic rings. The predicted octanol–water partition coefficient (Wildman–Crippen LogP) is 3.28. The summed E-state index contributed by atoms with van der Waals surface area (Å²) in [5.74, 6) is 0.167. The zero-order valence-electron chi connectivity index (χ0n) is 16.2. The molecular formula is C19H24N4O3S2. The minimum absolute atomic E-state index is 0.0344. The third-order valence-corrected chi connectivity index (χ3v) is 6.53. The Morgan fingerprint density at radius 3 is 2.93 bits per heavy atom. The van der Waals surface area contributed by atoms with Gasteiger partial charge >= 0.3 is 0 Å². The van der Waals surface area contributed by atoms with Crippen LogP contribution in [0.3, 0.4) is 0 Å². The average Bonchev–Trinajstić information content (AvgIpc) is 3.27. The van der Waals surface area contributed by atoms with Gasteiger partial charge in [-0.15, -0.1) is 10.2 Å². The van der Waals surface area contributed by atoms with Crippen molar-refractivity contribution in [2.45, 2.75) is 31.5 Å². The largest absolute Gasteiger partial charge is 0.381 e. The third kappa shape index (κ3) is 5.09. The summed E-state index contributed by atoms with van der Waals surface area (Å²) in [6.07, 6.45) is 0.202. The summed E-state index contributed by atoms with van der Waals surface area (Å²) < 4.78 is 6.08. The Morgan fingerprint density at radius 2 is 2.18 bits per heavy atom. The smallest absolute Gasteiger partial charge is 0.231 e. The first-order valence-corrected chi connectivity index (χ1v) is 11.0. The van der Waals surface area contributed by atoms with Crippen molar-refractivity contribution in [3.05, 3.63) is 29.3 Å². The molecule has 0 radical (unpaired) electrons. The van der Waals surface area contributed by atoms with Gasteiger partial charge < -0.3 is 15.0 Å². The fraction of sp³-hybridized carbons (Fsp3) is 0.474. The maximum absolute atomic E-state index is 12.6. The Labute approximate surface area is 172 Å². The molecule has 9 heteroatoms. The molecule has 0 aliphatic carbocycles. The molecule has 7 nitrogen and oxygen atoms in total. The van der Waals surface area contributed by atoms with Crippen molar-refractivity contribution < 1.29 is 14.3 Å². The van der Waals surface area contributed by atoms with Crippen molar-refractivity contribution in [1.29, 1.82) is 0 Å². The van der Waals surface area contributed by atoms with Crippen LogP contribution >= 0.6 is 23.1 Å². The van der Waals surface area contributed by atoms with Gasteiger partial charge in [-0.3, -0.25) is 9.59 Å². The molecule has 1 aromatic carbocycles. The van der Waals surface area contributed by atoms with Crippen molar-refractivity contribution in [3.63, 3.8) is 0 Å². The lowest BCUT2D eigenvalue weighted by Crippen LogP contribution is -2.28. The lowest BCUT2D eigenvalue weighted by atomic mass is 10.1. The zero-order chi connectivity index (χ0) is 20.1. The van der Waals surface area contributed by atoms with Gasteiger partial charge in [0.15, 0.2) is 4.34 Å². The number of nitrogens with one attached hydrogen (secondary N) is 1. The van der Waals surface area contributed by atoms with E-state index in [-0.39, 0.29) is 18.2 Å². The van der Waals surface area contributed by atoms with Crippen LogP contribution in [0, 0.1) is 19.8 Å². The minimum atomic E-state index is -0.396. The van der Waals surface area contributed by atoms with Crippen LogP contribution in [0.1, 0.15) is 24.5 Å². The summed E-state index contributed by atoms with van der Waals surface area (Å²) in [4.78, 5) is 26.7. The summed E-state index contributed by atoms with van der Waals surface area (Å²) in [5.41, 5.74) is 3.14. The van der Waals surface area contributed by atoms with E-state index in [1.807, 2.05) is 39.0 Å². The molecule has 1 aliphatic heterocycles. The predicted molar refractivity (Wildman–Crippen MR) is 112 cm³/mol. The first-order valence-electron chi connectivity index (χ1n) is 9.20. The first kappa shape index (κ1) is 20.8. The molecule has 0 unspecified atom stereocenters. The van der Waals surface area contributed by atoms with E-state index < -0.39 is 5.92 Å². The van der Waals surface area contributed by atoms with Gasteiger partial charge in [-0.2, -0.15) is 0 Å². The number of rotatable bonds is 8. The third-order valence-electron chi connectivity index (χ3n) is 4.59. The van der Waals surface area contributed by atoms with E-state index in [0.717, 1.165) is 21.3 Å². The number of ether oxygens (including phenoxy) is 1. The second-order valence-corrected chi connectivity index (χ2v) is 8.90. The normalized spacial score (nSPS) is 16.6. The van der Waals surface area contributed by atoms with Crippen molar-refractivity contribution in [2.75, 3.05) is 35.7 Å². The number of thioether (sulfide) groups is 1. The maximum Gasteiger partial charge on any atom is 0.231 e. The Bertz CT molecular complexity index is 855. The Morgan fingerprint density at radius 1 is 1.36 bits per heavy atom. The number of aromatic nitrogens is 2. The van der Waals surface area contributed by atoms with E-state index in [0.29, 0.717) is 24.9 Å². The highest BCUT2D eigenvalue weighted by molar-refractivity contribution is 8.01. The Hall–Kier alpha value is -1.97. The van der Waals surface area contributed by atoms with E-state index in [4.69, 9.17) is 4.74 Å². The molecule has 2 aromatic rings. The van der Waals surface area contributed by atoms with Crippen LogP contribution in [0.25, 0.3) is 0 Å². The molecule has 1 fully saturated rings. The summed E-state index contributed by atoms with van der Waals surface area (Å²) in [7, 11) is 0. The van der Waals surface area contributed by atoms with Crippen LogP contribution in [0.15, 0.2) is 22.5 Å². The Balaban J connectivity index is 1.56. The van der Waals surface area contributed by atoms with Gasteiger partial charge in [-0.05, 0) is 44.0 Å². The number of carbonyl (C=O) groups is 2. The van der Waals surface area contributed by atoms with Gasteiger partial charge in [0, 0.05) is 31.0 Å². The van der Waals surface area contributed by atoms with Crippen LogP contribution in [0.4, 0.5) is 10.8 Å². The summed E-state index contributed by atoms with van der Waals surface area (Å²) in [6.45, 7) is 7.73. The van der Waals surface area contributed by atoms with Crippen LogP contribution in [-0.2, 0) is 14.3 Å². The number of amides is 2. The van der Waals surface area contributed by atoms with E-state index in [2.05, 4.69) is 15.5 Å².